The molecule has 1 fully saturated rings. The van der Waals surface area contributed by atoms with Gasteiger partial charge in [0, 0.05) is 38.3 Å². The molecule has 2 aliphatic rings. The summed E-state index contributed by atoms with van der Waals surface area (Å²) < 4.78 is 16.4. The van der Waals surface area contributed by atoms with Crippen LogP contribution in [0.5, 0.6) is 0 Å². The van der Waals surface area contributed by atoms with Crippen LogP contribution in [0.25, 0.3) is 0 Å². The fraction of sp³-hybridized carbons (Fsp3) is 0.568. The number of benzene rings is 1. The molecule has 2 N–H and O–H groups in total. The highest BCUT2D eigenvalue weighted by atomic mass is 16.6. The summed E-state index contributed by atoms with van der Waals surface area (Å²) in [6, 6.07) is 12.2. The van der Waals surface area contributed by atoms with Gasteiger partial charge in [0.1, 0.15) is 29.7 Å². The van der Waals surface area contributed by atoms with Crippen molar-refractivity contribution in [3.05, 3.63) is 59.3 Å². The maximum Gasteiger partial charge on any atom is 0.416 e. The predicted octanol–water partition coefficient (Wildman–Crippen LogP) is 4.69. The van der Waals surface area contributed by atoms with Crippen molar-refractivity contribution < 1.29 is 38.2 Å². The van der Waals surface area contributed by atoms with Gasteiger partial charge in [0.15, 0.2) is 0 Å². The molecule has 13 nitrogen and oxygen atoms in total. The number of aryl methyl sites for hydroxylation is 2. The molecule has 1 atom stereocenters. The highest BCUT2D eigenvalue weighted by Crippen LogP contribution is 2.27. The van der Waals surface area contributed by atoms with Crippen molar-refractivity contribution in [2.24, 2.45) is 5.92 Å². The Kier molecular flexibility index (Phi) is 12.8. The molecule has 1 aromatic heterocycles. The molecule has 4 rings (SSSR count). The minimum absolute atomic E-state index is 0.132. The van der Waals surface area contributed by atoms with E-state index in [9.17, 15) is 24.0 Å². The number of fused-ring (bicyclic) bond motifs is 1. The highest BCUT2D eigenvalue weighted by molar-refractivity contribution is 5.89. The number of hydrogen-bond donors (Lipinski definition) is 2. The van der Waals surface area contributed by atoms with Crippen LogP contribution in [0.2, 0.25) is 0 Å². The van der Waals surface area contributed by atoms with Gasteiger partial charge in [-0.2, -0.15) is 0 Å². The lowest BCUT2D eigenvalue weighted by Crippen LogP contribution is -2.59. The van der Waals surface area contributed by atoms with Crippen molar-refractivity contribution in [3.8, 4) is 0 Å². The molecule has 2 aliphatic heterocycles. The van der Waals surface area contributed by atoms with Gasteiger partial charge in [-0.3, -0.25) is 14.5 Å². The summed E-state index contributed by atoms with van der Waals surface area (Å²) in [5.41, 5.74) is 1.29. The number of likely N-dealkylation sites (tertiary alicyclic amines) is 1. The molecule has 0 aliphatic carbocycles. The lowest BCUT2D eigenvalue weighted by molar-refractivity contribution is -0.159. The summed E-state index contributed by atoms with van der Waals surface area (Å²) in [5, 5.41) is 5.45. The van der Waals surface area contributed by atoms with Crippen LogP contribution in [0.3, 0.4) is 0 Å². The summed E-state index contributed by atoms with van der Waals surface area (Å²) in [5.74, 6) is -1.23. The zero-order chi connectivity index (χ0) is 36.5. The number of hydrogen-bond acceptors (Lipinski definition) is 9. The molecule has 0 spiro atoms. The quantitative estimate of drug-likeness (QED) is 0.183. The second kappa shape index (κ2) is 16.8. The van der Waals surface area contributed by atoms with Crippen LogP contribution < -0.4 is 15.5 Å². The van der Waals surface area contributed by atoms with E-state index in [-0.39, 0.29) is 38.6 Å². The van der Waals surface area contributed by atoms with Crippen LogP contribution in [0.15, 0.2) is 42.5 Å². The third-order valence-corrected chi connectivity index (χ3v) is 8.02. The molecule has 1 aromatic carbocycles. The van der Waals surface area contributed by atoms with Crippen molar-refractivity contribution in [2.75, 3.05) is 31.1 Å². The van der Waals surface area contributed by atoms with E-state index in [0.717, 1.165) is 29.7 Å². The first kappa shape index (κ1) is 38.1. The number of nitrogens with one attached hydrogen (secondary N) is 2. The Labute approximate surface area is 294 Å². The first-order valence-electron chi connectivity index (χ1n) is 17.3. The number of pyridine rings is 1. The van der Waals surface area contributed by atoms with E-state index in [0.29, 0.717) is 31.6 Å². The predicted molar refractivity (Wildman–Crippen MR) is 186 cm³/mol. The standard InChI is InChI=1S/C37H51N5O8/c1-36(2,3)49-33(45)29(40-32(44)27-22-41(23-27)34(46)48-24-25-13-8-7-9-14-25)21-38-30(43)17-11-10-16-28-19-18-26-15-12-20-42(31(26)39-28)35(47)50-37(4,5)6/h7-9,13-14,18-19,27,29H,10-12,15-17,20-24H2,1-6H3,(H,38,43)(H,40,44)/t29-/m0/s1. The minimum atomic E-state index is -1.10. The van der Waals surface area contributed by atoms with Gasteiger partial charge in [0.25, 0.3) is 0 Å². The molecule has 4 amide bonds. The number of unbranched alkanes of at least 4 members (excludes halogenated alkanes) is 1. The summed E-state index contributed by atoms with van der Waals surface area (Å²) >= 11 is 0. The van der Waals surface area contributed by atoms with E-state index >= 15 is 0 Å². The number of amides is 4. The summed E-state index contributed by atoms with van der Waals surface area (Å²) in [4.78, 5) is 71.7. The van der Waals surface area contributed by atoms with Gasteiger partial charge in [-0.05, 0) is 90.8 Å². The molecule has 272 valence electrons. The van der Waals surface area contributed by atoms with Crippen molar-refractivity contribution in [3.63, 3.8) is 0 Å². The van der Waals surface area contributed by atoms with Gasteiger partial charge in [-0.15, -0.1) is 0 Å². The van der Waals surface area contributed by atoms with E-state index in [1.165, 1.54) is 4.90 Å². The maximum absolute atomic E-state index is 13.0. The van der Waals surface area contributed by atoms with Crippen molar-refractivity contribution in [1.29, 1.82) is 0 Å². The largest absolute Gasteiger partial charge is 0.458 e. The number of esters is 1. The molecular formula is C37H51N5O8. The Morgan fingerprint density at radius 1 is 0.900 bits per heavy atom. The third-order valence-electron chi connectivity index (χ3n) is 8.02. The molecule has 2 aromatic rings. The minimum Gasteiger partial charge on any atom is -0.458 e. The normalized spacial score (nSPS) is 15.2. The van der Waals surface area contributed by atoms with E-state index < -0.39 is 47.2 Å². The highest BCUT2D eigenvalue weighted by Gasteiger charge is 2.39. The second-order valence-corrected chi connectivity index (χ2v) is 14.8. The molecule has 13 heteroatoms. The fourth-order valence-electron chi connectivity index (χ4n) is 5.47. The molecule has 0 unspecified atom stereocenters. The summed E-state index contributed by atoms with van der Waals surface area (Å²) in [6.45, 7) is 11.5. The number of nitrogens with zero attached hydrogens (tertiary/aromatic N) is 3. The number of ether oxygens (including phenoxy) is 3. The number of rotatable bonds is 12. The Hall–Kier alpha value is -4.68. The first-order chi connectivity index (χ1) is 23.6. The van der Waals surface area contributed by atoms with Crippen LogP contribution in [0.1, 0.15) is 84.0 Å². The van der Waals surface area contributed by atoms with Crippen molar-refractivity contribution in [1.82, 2.24) is 20.5 Å². The summed E-state index contributed by atoms with van der Waals surface area (Å²) in [6.07, 6.45) is 2.85. The van der Waals surface area contributed by atoms with Crippen LogP contribution in [-0.4, -0.2) is 83.3 Å². The molecule has 0 bridgehead atoms. The van der Waals surface area contributed by atoms with Crippen LogP contribution in [-0.2, 0) is 48.0 Å². The number of aromatic nitrogens is 1. The second-order valence-electron chi connectivity index (χ2n) is 14.8. The van der Waals surface area contributed by atoms with Gasteiger partial charge in [-0.25, -0.2) is 19.4 Å². The maximum atomic E-state index is 13.0. The van der Waals surface area contributed by atoms with Crippen molar-refractivity contribution >= 4 is 35.8 Å². The molecule has 50 heavy (non-hydrogen) atoms. The van der Waals surface area contributed by atoms with Gasteiger partial charge >= 0.3 is 18.2 Å². The van der Waals surface area contributed by atoms with Gasteiger partial charge < -0.3 is 29.7 Å². The molecule has 0 saturated carbocycles. The van der Waals surface area contributed by atoms with Gasteiger partial charge in [-0.1, -0.05) is 36.4 Å². The Bertz CT molecular complexity index is 1510. The number of carbonyl (C=O) groups is 5. The number of carbonyl (C=O) groups excluding carboxylic acids is 5. The molecule has 3 heterocycles. The van der Waals surface area contributed by atoms with Crippen molar-refractivity contribution in [2.45, 2.75) is 104 Å². The van der Waals surface area contributed by atoms with E-state index in [1.54, 1.807) is 25.7 Å². The fourth-order valence-corrected chi connectivity index (χ4v) is 5.47. The average molecular weight is 694 g/mol. The smallest absolute Gasteiger partial charge is 0.416 e. The SMILES string of the molecule is CC(C)(C)OC(=O)[C@H](CNC(=O)CCCCc1ccc2c(n1)N(C(=O)OC(C)(C)C)CCC2)NC(=O)C1CN(C(=O)OCc2ccccc2)C1. The zero-order valence-corrected chi connectivity index (χ0v) is 30.1. The molecular weight excluding hydrogens is 642 g/mol. The summed E-state index contributed by atoms with van der Waals surface area (Å²) in [7, 11) is 0. The Morgan fingerprint density at radius 2 is 1.60 bits per heavy atom. The van der Waals surface area contributed by atoms with E-state index in [4.69, 9.17) is 19.2 Å². The molecule has 0 radical (unpaired) electrons. The topological polar surface area (TPSA) is 156 Å². The lowest BCUT2D eigenvalue weighted by atomic mass is 9.99. The van der Waals surface area contributed by atoms with Gasteiger partial charge in [0.2, 0.25) is 11.8 Å². The lowest BCUT2D eigenvalue weighted by Gasteiger charge is -2.37. The van der Waals surface area contributed by atoms with E-state index in [2.05, 4.69) is 10.6 Å². The van der Waals surface area contributed by atoms with Crippen LogP contribution in [0.4, 0.5) is 15.4 Å². The van der Waals surface area contributed by atoms with Gasteiger partial charge in [0.05, 0.1) is 5.92 Å². The van der Waals surface area contributed by atoms with Crippen LogP contribution in [0, 0.1) is 5.92 Å². The Morgan fingerprint density at radius 3 is 2.28 bits per heavy atom. The first-order valence-corrected chi connectivity index (χ1v) is 17.3. The Balaban J connectivity index is 1.22. The van der Waals surface area contributed by atoms with E-state index in [1.807, 2.05) is 63.2 Å². The average Bonchev–Trinajstić information content (AvgIpc) is 3.01. The zero-order valence-electron chi connectivity index (χ0n) is 30.1. The number of anilines is 1. The third kappa shape index (κ3) is 11.7. The monoisotopic (exact) mass is 693 g/mol. The van der Waals surface area contributed by atoms with Crippen LogP contribution >= 0.6 is 0 Å². The molecule has 1 saturated heterocycles.